The fraction of sp³-hybridized carbons (Fsp3) is 0.167. The van der Waals surface area contributed by atoms with Gasteiger partial charge in [0.2, 0.25) is 0 Å². The minimum Gasteiger partial charge on any atom is -0.295 e. The van der Waals surface area contributed by atoms with Gasteiger partial charge in [-0.05, 0) is 38.0 Å². The summed E-state index contributed by atoms with van der Waals surface area (Å²) in [6.45, 7) is 5.82. The Morgan fingerprint density at radius 2 is 1.91 bits per heavy atom. The minimum absolute atomic E-state index is 0.274. The monoisotopic (exact) mass is 306 g/mol. The second kappa shape index (κ2) is 6.04. The van der Waals surface area contributed by atoms with Crippen molar-refractivity contribution in [2.45, 2.75) is 20.8 Å². The standard InChI is InChI=1S/C18H18N4O/c1-12-6-8-15(9-7-12)11-19-21-18(23)16-14(3)20-17-13(2)5-4-10-22(16)17/h4-11H,1-3H3,(H,21,23)/b19-11-. The van der Waals surface area contributed by atoms with Crippen molar-refractivity contribution in [3.8, 4) is 0 Å². The average molecular weight is 306 g/mol. The van der Waals surface area contributed by atoms with E-state index in [0.29, 0.717) is 11.4 Å². The first kappa shape index (κ1) is 15.0. The van der Waals surface area contributed by atoms with Crippen LogP contribution in [0.4, 0.5) is 0 Å². The van der Waals surface area contributed by atoms with E-state index in [2.05, 4.69) is 15.5 Å². The zero-order valence-electron chi connectivity index (χ0n) is 13.4. The minimum atomic E-state index is -0.274. The summed E-state index contributed by atoms with van der Waals surface area (Å²) in [4.78, 5) is 16.9. The lowest BCUT2D eigenvalue weighted by molar-refractivity contribution is 0.0948. The van der Waals surface area contributed by atoms with Crippen molar-refractivity contribution in [1.29, 1.82) is 0 Å². The lowest BCUT2D eigenvalue weighted by Crippen LogP contribution is -2.20. The van der Waals surface area contributed by atoms with Gasteiger partial charge in [-0.1, -0.05) is 35.9 Å². The van der Waals surface area contributed by atoms with E-state index >= 15 is 0 Å². The Labute approximate surface area is 134 Å². The summed E-state index contributed by atoms with van der Waals surface area (Å²) in [5, 5.41) is 4.03. The largest absolute Gasteiger partial charge is 0.295 e. The zero-order valence-corrected chi connectivity index (χ0v) is 13.4. The molecule has 1 amide bonds. The van der Waals surface area contributed by atoms with Crippen LogP contribution in [0, 0.1) is 20.8 Å². The topological polar surface area (TPSA) is 58.8 Å². The summed E-state index contributed by atoms with van der Waals surface area (Å²) in [6.07, 6.45) is 3.46. The van der Waals surface area contributed by atoms with Crippen molar-refractivity contribution in [3.63, 3.8) is 0 Å². The number of amides is 1. The van der Waals surface area contributed by atoms with Crippen LogP contribution in [0.25, 0.3) is 5.65 Å². The molecule has 0 fully saturated rings. The molecular weight excluding hydrogens is 288 g/mol. The lowest BCUT2D eigenvalue weighted by Gasteiger charge is -2.02. The summed E-state index contributed by atoms with van der Waals surface area (Å²) in [7, 11) is 0. The molecule has 0 spiro atoms. The third-order valence-corrected chi connectivity index (χ3v) is 3.69. The van der Waals surface area contributed by atoms with Gasteiger partial charge in [-0.15, -0.1) is 0 Å². The predicted octanol–water partition coefficient (Wildman–Crippen LogP) is 3.02. The van der Waals surface area contributed by atoms with Gasteiger partial charge in [0, 0.05) is 6.20 Å². The number of benzene rings is 1. The Balaban J connectivity index is 1.82. The number of carbonyl (C=O) groups excluding carboxylic acids is 1. The SMILES string of the molecule is Cc1ccc(/C=N\NC(=O)c2c(C)nc3c(C)cccn23)cc1. The van der Waals surface area contributed by atoms with E-state index in [1.165, 1.54) is 5.56 Å². The highest BCUT2D eigenvalue weighted by Crippen LogP contribution is 2.15. The normalized spacial score (nSPS) is 11.3. The second-order valence-electron chi connectivity index (χ2n) is 5.54. The molecule has 0 bridgehead atoms. The number of hydrazone groups is 1. The molecular formula is C18H18N4O. The molecule has 2 heterocycles. The molecule has 5 heteroatoms. The number of nitrogens with one attached hydrogen (secondary N) is 1. The number of aromatic nitrogens is 2. The van der Waals surface area contributed by atoms with Crippen LogP contribution >= 0.6 is 0 Å². The summed E-state index contributed by atoms with van der Waals surface area (Å²) in [6, 6.07) is 11.8. The Kier molecular flexibility index (Phi) is 3.93. The van der Waals surface area contributed by atoms with Crippen molar-refractivity contribution in [2.24, 2.45) is 5.10 Å². The van der Waals surface area contributed by atoms with Crippen LogP contribution in [0.1, 0.15) is 32.9 Å². The number of fused-ring (bicyclic) bond motifs is 1. The lowest BCUT2D eigenvalue weighted by atomic mass is 10.2. The number of hydrogen-bond acceptors (Lipinski definition) is 3. The molecule has 116 valence electrons. The van der Waals surface area contributed by atoms with E-state index in [9.17, 15) is 4.79 Å². The number of hydrogen-bond donors (Lipinski definition) is 1. The van der Waals surface area contributed by atoms with Crippen LogP contribution in [0.15, 0.2) is 47.7 Å². The van der Waals surface area contributed by atoms with Gasteiger partial charge < -0.3 is 0 Å². The maximum absolute atomic E-state index is 12.4. The molecule has 0 aliphatic carbocycles. The van der Waals surface area contributed by atoms with Crippen LogP contribution in [0.3, 0.4) is 0 Å². The van der Waals surface area contributed by atoms with Gasteiger partial charge in [0.1, 0.15) is 11.3 Å². The molecule has 0 aliphatic heterocycles. The summed E-state index contributed by atoms with van der Waals surface area (Å²) < 4.78 is 1.79. The number of pyridine rings is 1. The number of aryl methyl sites for hydroxylation is 3. The average Bonchev–Trinajstić information content (AvgIpc) is 2.87. The van der Waals surface area contributed by atoms with Crippen LogP contribution in [0.2, 0.25) is 0 Å². The molecule has 0 unspecified atom stereocenters. The van der Waals surface area contributed by atoms with Gasteiger partial charge in [0.05, 0.1) is 11.9 Å². The van der Waals surface area contributed by atoms with Crippen molar-refractivity contribution in [1.82, 2.24) is 14.8 Å². The van der Waals surface area contributed by atoms with Crippen LogP contribution in [-0.2, 0) is 0 Å². The van der Waals surface area contributed by atoms with E-state index < -0.39 is 0 Å². The van der Waals surface area contributed by atoms with Crippen molar-refractivity contribution in [3.05, 3.63) is 70.7 Å². The Morgan fingerprint density at radius 3 is 2.65 bits per heavy atom. The molecule has 23 heavy (non-hydrogen) atoms. The van der Waals surface area contributed by atoms with Crippen LogP contribution < -0.4 is 5.43 Å². The van der Waals surface area contributed by atoms with Gasteiger partial charge in [0.25, 0.3) is 5.91 Å². The van der Waals surface area contributed by atoms with Gasteiger partial charge in [0.15, 0.2) is 0 Å². The fourth-order valence-corrected chi connectivity index (χ4v) is 2.46. The quantitative estimate of drug-likeness (QED) is 0.597. The molecule has 3 aromatic rings. The third-order valence-electron chi connectivity index (χ3n) is 3.69. The number of carbonyl (C=O) groups is 1. The summed E-state index contributed by atoms with van der Waals surface area (Å²) in [5.41, 5.74) is 7.69. The van der Waals surface area contributed by atoms with Gasteiger partial charge in [-0.2, -0.15) is 5.10 Å². The van der Waals surface area contributed by atoms with E-state index in [0.717, 1.165) is 16.8 Å². The Bertz CT molecular complexity index is 891. The van der Waals surface area contributed by atoms with Crippen LogP contribution in [-0.4, -0.2) is 21.5 Å². The summed E-state index contributed by atoms with van der Waals surface area (Å²) >= 11 is 0. The van der Waals surface area contributed by atoms with Gasteiger partial charge in [-0.25, -0.2) is 10.4 Å². The third kappa shape index (κ3) is 2.99. The first-order chi connectivity index (χ1) is 11.1. The smallest absolute Gasteiger partial charge is 0.290 e. The molecule has 3 rings (SSSR count). The zero-order chi connectivity index (χ0) is 16.4. The molecule has 0 saturated heterocycles. The predicted molar refractivity (Wildman–Crippen MR) is 90.9 cm³/mol. The van der Waals surface area contributed by atoms with Crippen molar-refractivity contribution < 1.29 is 4.79 Å². The van der Waals surface area contributed by atoms with Crippen molar-refractivity contribution >= 4 is 17.8 Å². The molecule has 0 saturated carbocycles. The van der Waals surface area contributed by atoms with E-state index in [-0.39, 0.29) is 5.91 Å². The van der Waals surface area contributed by atoms with Crippen molar-refractivity contribution in [2.75, 3.05) is 0 Å². The highest BCUT2D eigenvalue weighted by atomic mass is 16.2. The molecule has 0 atom stereocenters. The number of nitrogens with zero attached hydrogens (tertiary/aromatic N) is 3. The van der Waals surface area contributed by atoms with Gasteiger partial charge in [-0.3, -0.25) is 9.20 Å². The molecule has 5 nitrogen and oxygen atoms in total. The Hall–Kier alpha value is -2.95. The van der Waals surface area contributed by atoms with Crippen LogP contribution in [0.5, 0.6) is 0 Å². The Morgan fingerprint density at radius 1 is 1.17 bits per heavy atom. The molecule has 1 N–H and O–H groups in total. The molecule has 0 radical (unpaired) electrons. The van der Waals surface area contributed by atoms with Gasteiger partial charge >= 0.3 is 0 Å². The first-order valence-corrected chi connectivity index (χ1v) is 7.40. The maximum atomic E-state index is 12.4. The van der Waals surface area contributed by atoms with E-state index in [1.807, 2.05) is 63.4 Å². The summed E-state index contributed by atoms with van der Waals surface area (Å²) in [5.74, 6) is -0.274. The van der Waals surface area contributed by atoms with E-state index in [4.69, 9.17) is 0 Å². The number of rotatable bonds is 3. The number of imidazole rings is 1. The van der Waals surface area contributed by atoms with E-state index in [1.54, 1.807) is 10.6 Å². The molecule has 2 aromatic heterocycles. The highest BCUT2D eigenvalue weighted by Gasteiger charge is 2.16. The molecule has 0 aliphatic rings. The highest BCUT2D eigenvalue weighted by molar-refractivity contribution is 5.95. The second-order valence-corrected chi connectivity index (χ2v) is 5.54. The maximum Gasteiger partial charge on any atom is 0.290 e. The first-order valence-electron chi connectivity index (χ1n) is 7.40. The fourth-order valence-electron chi connectivity index (χ4n) is 2.46. The molecule has 1 aromatic carbocycles.